The predicted molar refractivity (Wildman–Crippen MR) is 144 cm³/mol. The molecule has 34 heavy (non-hydrogen) atoms. The molecule has 0 aromatic heterocycles. The molecule has 0 spiro atoms. The Balaban J connectivity index is 0.000000739. The number of allylic oxidation sites excluding steroid dienone is 2. The van der Waals surface area contributed by atoms with E-state index in [4.69, 9.17) is 11.0 Å². The van der Waals surface area contributed by atoms with Gasteiger partial charge in [-0.1, -0.05) is 87.7 Å². The molecule has 0 amide bonds. The van der Waals surface area contributed by atoms with E-state index in [1.807, 2.05) is 48.5 Å². The van der Waals surface area contributed by atoms with Crippen LogP contribution in [0, 0.1) is 17.2 Å². The van der Waals surface area contributed by atoms with Gasteiger partial charge in [0.25, 0.3) is 0 Å². The van der Waals surface area contributed by atoms with E-state index in [0.717, 1.165) is 22.4 Å². The van der Waals surface area contributed by atoms with Gasteiger partial charge in [0.2, 0.25) is 0 Å². The van der Waals surface area contributed by atoms with E-state index in [1.165, 1.54) is 37.7 Å². The summed E-state index contributed by atoms with van der Waals surface area (Å²) in [6.07, 6.45) is 9.90. The molecule has 1 unspecified atom stereocenters. The first-order valence-electron chi connectivity index (χ1n) is 12.2. The van der Waals surface area contributed by atoms with Gasteiger partial charge in [0.1, 0.15) is 0 Å². The number of hydrogen-bond acceptors (Lipinski definition) is 4. The molecule has 1 atom stereocenters. The molecule has 0 heterocycles. The quantitative estimate of drug-likeness (QED) is 0.263. The van der Waals surface area contributed by atoms with Crippen LogP contribution in [0.2, 0.25) is 0 Å². The van der Waals surface area contributed by atoms with Gasteiger partial charge < -0.3 is 16.2 Å². The molecule has 0 saturated heterocycles. The number of nitrogens with two attached hydrogens (primary N) is 1. The summed E-state index contributed by atoms with van der Waals surface area (Å²) in [7, 11) is 0. The average molecular weight is 458 g/mol. The maximum absolute atomic E-state index is 10.8. The van der Waals surface area contributed by atoms with E-state index >= 15 is 0 Å². The van der Waals surface area contributed by atoms with Crippen LogP contribution in [0.3, 0.4) is 0 Å². The molecule has 2 aromatic rings. The Morgan fingerprint density at radius 3 is 2.35 bits per heavy atom. The maximum atomic E-state index is 10.8. The Bertz CT molecular complexity index is 1020. The Morgan fingerprint density at radius 2 is 1.82 bits per heavy atom. The second kappa shape index (κ2) is 14.1. The number of nitriles is 1. The molecular formula is C30H39N3O. The summed E-state index contributed by atoms with van der Waals surface area (Å²) in [6, 6.07) is 17.1. The van der Waals surface area contributed by atoms with Gasteiger partial charge in [-0.25, -0.2) is 0 Å². The number of unbranched alkanes of at least 4 members (excludes halogenated alkanes) is 2. The molecule has 2 aromatic carbocycles. The smallest absolute Gasteiger partial charge is 0.0994 e. The van der Waals surface area contributed by atoms with Crippen molar-refractivity contribution in [3.05, 3.63) is 95.2 Å². The Hall–Kier alpha value is -3.29. The maximum Gasteiger partial charge on any atom is 0.0994 e. The minimum atomic E-state index is -0.824. The number of hydrogen-bond donors (Lipinski definition) is 3. The van der Waals surface area contributed by atoms with Crippen LogP contribution in [0.15, 0.2) is 78.5 Å². The highest BCUT2D eigenvalue weighted by molar-refractivity contribution is 5.75. The van der Waals surface area contributed by atoms with Gasteiger partial charge in [0, 0.05) is 22.6 Å². The summed E-state index contributed by atoms with van der Waals surface area (Å²) in [5, 5.41) is 22.9. The highest BCUT2D eigenvalue weighted by Crippen LogP contribution is 2.36. The fourth-order valence-corrected chi connectivity index (χ4v) is 3.61. The molecular weight excluding hydrogens is 418 g/mol. The summed E-state index contributed by atoms with van der Waals surface area (Å²) < 4.78 is 0. The number of anilines is 1. The van der Waals surface area contributed by atoms with Crippen molar-refractivity contribution in [1.82, 2.24) is 5.32 Å². The third-order valence-corrected chi connectivity index (χ3v) is 5.81. The first kappa shape index (κ1) is 27.0. The highest BCUT2D eigenvalue weighted by atomic mass is 16.3. The van der Waals surface area contributed by atoms with Crippen molar-refractivity contribution in [2.24, 2.45) is 5.92 Å². The molecule has 4 heteroatoms. The molecule has 1 aliphatic carbocycles. The molecule has 1 aliphatic rings. The van der Waals surface area contributed by atoms with Crippen LogP contribution in [-0.2, 0) is 6.42 Å². The molecule has 0 bridgehead atoms. The first-order chi connectivity index (χ1) is 16.4. The molecule has 4 nitrogen and oxygen atoms in total. The second-order valence-corrected chi connectivity index (χ2v) is 8.86. The zero-order valence-electron chi connectivity index (χ0n) is 20.8. The lowest BCUT2D eigenvalue weighted by molar-refractivity contribution is 0.229. The third kappa shape index (κ3) is 8.92. The molecule has 4 N–H and O–H groups in total. The van der Waals surface area contributed by atoms with Gasteiger partial charge in [-0.05, 0) is 55.0 Å². The van der Waals surface area contributed by atoms with Gasteiger partial charge >= 0.3 is 0 Å². The van der Waals surface area contributed by atoms with Crippen molar-refractivity contribution in [2.45, 2.75) is 65.4 Å². The SMILES string of the molecule is C=C(/C=C(\C)C1CC1)N/C(=C/C(O)c1ccc(CC#N)cc1)c1ccccc1N.CCCCC. The summed E-state index contributed by atoms with van der Waals surface area (Å²) in [6.45, 7) is 10.7. The standard InChI is InChI=1S/C25H27N3O.C5H12/c1-17(20-11-12-20)15-18(2)28-24(22-5-3-4-6-23(22)27)16-25(29)21-9-7-19(8-10-21)13-14-26;1-3-5-4-2/h3-10,15-16,20,25,28-29H,2,11-13,27H2,1H3;3-5H2,1-2H3/b17-15+,24-16+;. The third-order valence-electron chi connectivity index (χ3n) is 5.81. The van der Waals surface area contributed by atoms with E-state index in [9.17, 15) is 5.11 Å². The number of aliphatic hydroxyl groups is 1. The number of rotatable bonds is 10. The molecule has 180 valence electrons. The Labute approximate surface area is 205 Å². The van der Waals surface area contributed by atoms with Gasteiger partial charge in [-0.15, -0.1) is 0 Å². The van der Waals surface area contributed by atoms with Crippen molar-refractivity contribution < 1.29 is 5.11 Å². The molecule has 1 fully saturated rings. The van der Waals surface area contributed by atoms with E-state index < -0.39 is 6.10 Å². The van der Waals surface area contributed by atoms with Crippen LogP contribution in [0.25, 0.3) is 5.70 Å². The van der Waals surface area contributed by atoms with Crippen LogP contribution in [0.1, 0.15) is 75.7 Å². The summed E-state index contributed by atoms with van der Waals surface area (Å²) in [5.41, 5.74) is 12.1. The minimum Gasteiger partial charge on any atom is -0.398 e. The van der Waals surface area contributed by atoms with Crippen LogP contribution in [0.4, 0.5) is 5.69 Å². The van der Waals surface area contributed by atoms with Crippen LogP contribution in [-0.4, -0.2) is 5.11 Å². The van der Waals surface area contributed by atoms with E-state index in [0.29, 0.717) is 23.7 Å². The lowest BCUT2D eigenvalue weighted by Crippen LogP contribution is -2.13. The number of aliphatic hydroxyl groups excluding tert-OH is 1. The molecule has 0 aliphatic heterocycles. The fourth-order valence-electron chi connectivity index (χ4n) is 3.61. The zero-order valence-corrected chi connectivity index (χ0v) is 20.8. The molecule has 0 radical (unpaired) electrons. The van der Waals surface area contributed by atoms with Crippen molar-refractivity contribution in [3.8, 4) is 6.07 Å². The van der Waals surface area contributed by atoms with Crippen LogP contribution < -0.4 is 11.1 Å². The van der Waals surface area contributed by atoms with E-state index in [-0.39, 0.29) is 0 Å². The van der Waals surface area contributed by atoms with E-state index in [2.05, 4.69) is 44.8 Å². The molecule has 1 saturated carbocycles. The summed E-state index contributed by atoms with van der Waals surface area (Å²) in [5.74, 6) is 0.667. The fraction of sp³-hybridized carbons (Fsp3) is 0.367. The van der Waals surface area contributed by atoms with Gasteiger partial charge in [-0.3, -0.25) is 0 Å². The largest absolute Gasteiger partial charge is 0.398 e. The Kier molecular flexibility index (Phi) is 11.2. The lowest BCUT2D eigenvalue weighted by Gasteiger charge is -2.17. The second-order valence-electron chi connectivity index (χ2n) is 8.86. The monoisotopic (exact) mass is 457 g/mol. The minimum absolute atomic E-state index is 0.353. The van der Waals surface area contributed by atoms with Crippen LogP contribution in [0.5, 0.6) is 0 Å². The number of nitrogens with zero attached hydrogens (tertiary/aromatic N) is 1. The highest BCUT2D eigenvalue weighted by Gasteiger charge is 2.23. The van der Waals surface area contributed by atoms with Gasteiger partial charge in [0.05, 0.1) is 18.6 Å². The van der Waals surface area contributed by atoms with Crippen molar-refractivity contribution in [3.63, 3.8) is 0 Å². The molecule has 3 rings (SSSR count). The van der Waals surface area contributed by atoms with Gasteiger partial charge in [-0.2, -0.15) is 5.26 Å². The Morgan fingerprint density at radius 1 is 1.18 bits per heavy atom. The van der Waals surface area contributed by atoms with Crippen molar-refractivity contribution in [1.29, 1.82) is 5.26 Å². The van der Waals surface area contributed by atoms with Crippen molar-refractivity contribution in [2.75, 3.05) is 5.73 Å². The van der Waals surface area contributed by atoms with Crippen molar-refractivity contribution >= 4 is 11.4 Å². The normalized spacial score (nSPS) is 14.4. The number of nitrogens with one attached hydrogen (secondary N) is 1. The topological polar surface area (TPSA) is 82.1 Å². The lowest BCUT2D eigenvalue weighted by atomic mass is 10.0. The summed E-state index contributed by atoms with van der Waals surface area (Å²) >= 11 is 0. The van der Waals surface area contributed by atoms with Gasteiger partial charge in [0.15, 0.2) is 0 Å². The average Bonchev–Trinajstić information content (AvgIpc) is 3.66. The summed E-state index contributed by atoms with van der Waals surface area (Å²) in [4.78, 5) is 0. The number of para-hydroxylation sites is 1. The predicted octanol–water partition coefficient (Wildman–Crippen LogP) is 7.07. The van der Waals surface area contributed by atoms with E-state index in [1.54, 1.807) is 6.08 Å². The van der Waals surface area contributed by atoms with Crippen LogP contribution >= 0.6 is 0 Å². The first-order valence-corrected chi connectivity index (χ1v) is 12.2. The zero-order chi connectivity index (χ0) is 24.9. The number of benzene rings is 2. The number of nitrogen functional groups attached to an aromatic ring is 1.